The summed E-state index contributed by atoms with van der Waals surface area (Å²) in [5, 5.41) is 12.8. The fraction of sp³-hybridized carbons (Fsp3) is 0.353. The molecule has 1 saturated carbocycles. The van der Waals surface area contributed by atoms with Gasteiger partial charge in [-0.15, -0.1) is 0 Å². The van der Waals surface area contributed by atoms with E-state index in [-0.39, 0.29) is 11.7 Å². The van der Waals surface area contributed by atoms with Crippen LogP contribution in [0.25, 0.3) is 10.8 Å². The Bertz CT molecular complexity index is 598. The van der Waals surface area contributed by atoms with Gasteiger partial charge in [0.25, 0.3) is 0 Å². The summed E-state index contributed by atoms with van der Waals surface area (Å²) in [4.78, 5) is 12.0. The van der Waals surface area contributed by atoms with E-state index in [0.717, 1.165) is 35.6 Å². The van der Waals surface area contributed by atoms with E-state index in [2.05, 4.69) is 0 Å². The van der Waals surface area contributed by atoms with Gasteiger partial charge < -0.3 is 5.11 Å². The molecule has 0 heterocycles. The first-order chi connectivity index (χ1) is 9.27. The molecule has 0 bridgehead atoms. The molecule has 2 nitrogen and oxygen atoms in total. The summed E-state index contributed by atoms with van der Waals surface area (Å²) in [5.74, 6) is -0.00811. The predicted octanol–water partition coefficient (Wildman–Crippen LogP) is 3.63. The molecular formula is C17H18O2. The number of rotatable bonds is 2. The van der Waals surface area contributed by atoms with Crippen LogP contribution in [0.2, 0.25) is 0 Å². The molecule has 1 aliphatic rings. The van der Waals surface area contributed by atoms with Gasteiger partial charge in [-0.1, -0.05) is 48.9 Å². The second-order valence-corrected chi connectivity index (χ2v) is 5.33. The van der Waals surface area contributed by atoms with Gasteiger partial charge in [-0.2, -0.15) is 0 Å². The highest BCUT2D eigenvalue weighted by molar-refractivity contribution is 5.88. The van der Waals surface area contributed by atoms with Crippen LogP contribution in [0.5, 0.6) is 0 Å². The van der Waals surface area contributed by atoms with E-state index in [1.807, 2.05) is 42.5 Å². The lowest BCUT2D eigenvalue weighted by atomic mass is 9.81. The van der Waals surface area contributed by atoms with Crippen LogP contribution in [-0.4, -0.2) is 10.9 Å². The first-order valence-electron chi connectivity index (χ1n) is 6.96. The Labute approximate surface area is 113 Å². The van der Waals surface area contributed by atoms with Gasteiger partial charge in [0.05, 0.1) is 6.10 Å². The van der Waals surface area contributed by atoms with E-state index in [0.29, 0.717) is 6.42 Å². The van der Waals surface area contributed by atoms with Crippen molar-refractivity contribution in [1.82, 2.24) is 0 Å². The van der Waals surface area contributed by atoms with Crippen molar-refractivity contribution in [3.63, 3.8) is 0 Å². The average molecular weight is 254 g/mol. The standard InChI is InChI=1S/C17H18O2/c18-16-11-4-3-9-15(16)17(19)14-10-5-7-12-6-1-2-8-13(12)14/h1-2,5-8,10,15,17,19H,3-4,9,11H2/t15?,17-/m0/s1. The van der Waals surface area contributed by atoms with Crippen LogP contribution in [0.3, 0.4) is 0 Å². The molecule has 0 amide bonds. The zero-order valence-electron chi connectivity index (χ0n) is 10.9. The molecule has 3 rings (SSSR count). The van der Waals surface area contributed by atoms with Gasteiger partial charge in [-0.25, -0.2) is 0 Å². The lowest BCUT2D eigenvalue weighted by Gasteiger charge is -2.26. The van der Waals surface area contributed by atoms with Crippen molar-refractivity contribution in [3.8, 4) is 0 Å². The lowest BCUT2D eigenvalue weighted by molar-refractivity contribution is -0.128. The number of Topliss-reactive ketones (excluding diaryl/α,β-unsaturated/α-hetero) is 1. The topological polar surface area (TPSA) is 37.3 Å². The highest BCUT2D eigenvalue weighted by Crippen LogP contribution is 2.35. The van der Waals surface area contributed by atoms with Crippen molar-refractivity contribution < 1.29 is 9.90 Å². The van der Waals surface area contributed by atoms with Crippen LogP contribution in [0.15, 0.2) is 42.5 Å². The monoisotopic (exact) mass is 254 g/mol. The molecule has 2 aromatic carbocycles. The minimum atomic E-state index is -0.668. The maximum absolute atomic E-state index is 12.0. The van der Waals surface area contributed by atoms with Crippen LogP contribution in [0.4, 0.5) is 0 Å². The van der Waals surface area contributed by atoms with E-state index in [9.17, 15) is 9.90 Å². The van der Waals surface area contributed by atoms with Crippen LogP contribution < -0.4 is 0 Å². The van der Waals surface area contributed by atoms with Crippen LogP contribution in [0.1, 0.15) is 37.4 Å². The molecular weight excluding hydrogens is 236 g/mol. The van der Waals surface area contributed by atoms with Gasteiger partial charge in [0.15, 0.2) is 0 Å². The van der Waals surface area contributed by atoms with Gasteiger partial charge in [-0.05, 0) is 29.2 Å². The van der Waals surface area contributed by atoms with Crippen molar-refractivity contribution >= 4 is 16.6 Å². The normalized spacial score (nSPS) is 21.5. The Morgan fingerprint density at radius 2 is 1.84 bits per heavy atom. The molecule has 1 fully saturated rings. The molecule has 0 aromatic heterocycles. The number of aliphatic hydroxyl groups is 1. The minimum Gasteiger partial charge on any atom is -0.388 e. The zero-order valence-corrected chi connectivity index (χ0v) is 10.9. The summed E-state index contributed by atoms with van der Waals surface area (Å²) in [6, 6.07) is 13.9. The molecule has 2 atom stereocenters. The summed E-state index contributed by atoms with van der Waals surface area (Å²) in [7, 11) is 0. The molecule has 19 heavy (non-hydrogen) atoms. The Morgan fingerprint density at radius 3 is 2.68 bits per heavy atom. The Balaban J connectivity index is 2.01. The van der Waals surface area contributed by atoms with Crippen molar-refractivity contribution in [1.29, 1.82) is 0 Å². The van der Waals surface area contributed by atoms with E-state index >= 15 is 0 Å². The summed E-state index contributed by atoms with van der Waals surface area (Å²) in [6.45, 7) is 0. The SMILES string of the molecule is O=C1CCCCC1[C@@H](O)c1cccc2ccccc12. The maximum Gasteiger partial charge on any atom is 0.138 e. The number of hydrogen-bond donors (Lipinski definition) is 1. The van der Waals surface area contributed by atoms with Crippen LogP contribution in [0, 0.1) is 5.92 Å². The highest BCUT2D eigenvalue weighted by Gasteiger charge is 2.30. The quantitative estimate of drug-likeness (QED) is 0.888. The van der Waals surface area contributed by atoms with E-state index in [4.69, 9.17) is 0 Å². The Hall–Kier alpha value is -1.67. The van der Waals surface area contributed by atoms with Crippen LogP contribution >= 0.6 is 0 Å². The maximum atomic E-state index is 12.0. The van der Waals surface area contributed by atoms with Crippen molar-refractivity contribution in [2.45, 2.75) is 31.8 Å². The number of carbonyl (C=O) groups excluding carboxylic acids is 1. The molecule has 0 aliphatic heterocycles. The third-order valence-corrected chi connectivity index (χ3v) is 4.13. The number of carbonyl (C=O) groups is 1. The summed E-state index contributed by atoms with van der Waals surface area (Å²) in [6.07, 6.45) is 2.77. The van der Waals surface area contributed by atoms with Crippen LogP contribution in [-0.2, 0) is 4.79 Å². The number of hydrogen-bond acceptors (Lipinski definition) is 2. The average Bonchev–Trinajstić information content (AvgIpc) is 2.46. The third kappa shape index (κ3) is 2.28. The summed E-state index contributed by atoms with van der Waals surface area (Å²) >= 11 is 0. The molecule has 1 unspecified atom stereocenters. The Morgan fingerprint density at radius 1 is 1.05 bits per heavy atom. The Kier molecular flexibility index (Phi) is 3.34. The van der Waals surface area contributed by atoms with E-state index < -0.39 is 6.10 Å². The molecule has 2 aromatic rings. The third-order valence-electron chi connectivity index (χ3n) is 4.13. The van der Waals surface area contributed by atoms with Crippen molar-refractivity contribution in [3.05, 3.63) is 48.0 Å². The molecule has 0 spiro atoms. The molecule has 98 valence electrons. The van der Waals surface area contributed by atoms with Gasteiger partial charge in [0.2, 0.25) is 0 Å². The smallest absolute Gasteiger partial charge is 0.138 e. The number of aliphatic hydroxyl groups excluding tert-OH is 1. The number of fused-ring (bicyclic) bond motifs is 1. The highest BCUT2D eigenvalue weighted by atomic mass is 16.3. The van der Waals surface area contributed by atoms with Crippen molar-refractivity contribution in [2.24, 2.45) is 5.92 Å². The van der Waals surface area contributed by atoms with Gasteiger partial charge >= 0.3 is 0 Å². The summed E-state index contributed by atoms with van der Waals surface area (Å²) in [5.41, 5.74) is 0.887. The first-order valence-corrected chi connectivity index (χ1v) is 6.96. The zero-order chi connectivity index (χ0) is 13.2. The largest absolute Gasteiger partial charge is 0.388 e. The van der Waals surface area contributed by atoms with Gasteiger partial charge in [-0.3, -0.25) is 4.79 Å². The molecule has 1 aliphatic carbocycles. The minimum absolute atomic E-state index is 0.215. The van der Waals surface area contributed by atoms with E-state index in [1.54, 1.807) is 0 Å². The second kappa shape index (κ2) is 5.14. The predicted molar refractivity (Wildman–Crippen MR) is 75.9 cm³/mol. The first kappa shape index (κ1) is 12.4. The fourth-order valence-electron chi connectivity index (χ4n) is 3.07. The number of ketones is 1. The number of benzene rings is 2. The second-order valence-electron chi connectivity index (χ2n) is 5.33. The van der Waals surface area contributed by atoms with Crippen molar-refractivity contribution in [2.75, 3.05) is 0 Å². The molecule has 1 N–H and O–H groups in total. The fourth-order valence-corrected chi connectivity index (χ4v) is 3.07. The molecule has 2 heteroatoms. The van der Waals surface area contributed by atoms with Gasteiger partial charge in [0, 0.05) is 12.3 Å². The lowest BCUT2D eigenvalue weighted by Crippen LogP contribution is -2.25. The summed E-state index contributed by atoms with van der Waals surface area (Å²) < 4.78 is 0. The van der Waals surface area contributed by atoms with Gasteiger partial charge in [0.1, 0.15) is 5.78 Å². The van der Waals surface area contributed by atoms with E-state index in [1.165, 1.54) is 0 Å². The molecule has 0 saturated heterocycles. The molecule has 0 radical (unpaired) electrons.